The van der Waals surface area contributed by atoms with Crippen LogP contribution in [-0.4, -0.2) is 37.8 Å². The Balaban J connectivity index is 2.10. The van der Waals surface area contributed by atoms with Gasteiger partial charge in [-0.25, -0.2) is 14.5 Å². The van der Waals surface area contributed by atoms with Gasteiger partial charge in [0.25, 0.3) is 5.91 Å². The molecule has 7 heteroatoms. The molecule has 0 aliphatic heterocycles. The topological polar surface area (TPSA) is 97.1 Å². The van der Waals surface area contributed by atoms with Gasteiger partial charge in [-0.3, -0.25) is 4.79 Å². The molecule has 28 heavy (non-hydrogen) atoms. The van der Waals surface area contributed by atoms with Gasteiger partial charge in [0.1, 0.15) is 6.04 Å². The first kappa shape index (κ1) is 20.3. The third-order valence-electron chi connectivity index (χ3n) is 5.02. The molecule has 2 aromatic rings. The molecule has 1 atom stereocenters. The lowest BCUT2D eigenvalue weighted by Gasteiger charge is -2.20. The molecule has 2 N–H and O–H groups in total. The van der Waals surface area contributed by atoms with Gasteiger partial charge in [-0.1, -0.05) is 13.8 Å². The summed E-state index contributed by atoms with van der Waals surface area (Å²) in [7, 11) is 0. The molecular weight excluding hydrogens is 356 g/mol. The van der Waals surface area contributed by atoms with Crippen LogP contribution in [0.15, 0.2) is 6.07 Å². The fourth-order valence-electron chi connectivity index (χ4n) is 3.47. The summed E-state index contributed by atoms with van der Waals surface area (Å²) in [5, 5.41) is 17.6. The maximum atomic E-state index is 13.1. The number of rotatable bonds is 6. The number of hydrogen-bond donors (Lipinski definition) is 2. The number of hydrogen-bond acceptors (Lipinski definition) is 4. The second-order valence-electron chi connectivity index (χ2n) is 9.23. The van der Waals surface area contributed by atoms with E-state index in [2.05, 4.69) is 10.4 Å². The van der Waals surface area contributed by atoms with Gasteiger partial charge in [0, 0.05) is 11.6 Å². The van der Waals surface area contributed by atoms with Crippen LogP contribution in [0.2, 0.25) is 0 Å². The highest BCUT2D eigenvalue weighted by molar-refractivity contribution is 6.07. The third kappa shape index (κ3) is 4.03. The zero-order chi connectivity index (χ0) is 20.8. The van der Waals surface area contributed by atoms with Crippen molar-refractivity contribution in [1.82, 2.24) is 20.1 Å². The summed E-state index contributed by atoms with van der Waals surface area (Å²) in [6.07, 6.45) is 2.51. The second-order valence-corrected chi connectivity index (χ2v) is 9.23. The number of nitrogens with zero attached hydrogens (tertiary/aromatic N) is 3. The molecule has 0 bridgehead atoms. The fourth-order valence-corrected chi connectivity index (χ4v) is 3.47. The average molecular weight is 386 g/mol. The number of carbonyl (C=O) groups is 2. The Morgan fingerprint density at radius 3 is 2.46 bits per heavy atom. The van der Waals surface area contributed by atoms with Crippen LogP contribution in [0.4, 0.5) is 0 Å². The molecule has 3 rings (SSSR count). The predicted octanol–water partition coefficient (Wildman–Crippen LogP) is 3.60. The van der Waals surface area contributed by atoms with Crippen molar-refractivity contribution in [2.24, 2.45) is 5.92 Å². The minimum absolute atomic E-state index is 0.159. The fraction of sp³-hybridized carbons (Fsp3) is 0.619. The molecule has 7 nitrogen and oxygen atoms in total. The van der Waals surface area contributed by atoms with Gasteiger partial charge < -0.3 is 10.4 Å². The minimum Gasteiger partial charge on any atom is -0.480 e. The minimum atomic E-state index is -1.02. The Labute approximate surface area is 165 Å². The van der Waals surface area contributed by atoms with E-state index in [-0.39, 0.29) is 17.4 Å². The van der Waals surface area contributed by atoms with E-state index in [1.54, 1.807) is 0 Å². The number of aryl methyl sites for hydroxylation is 1. The number of carboxylic acids is 1. The SMILES string of the molecule is Cc1nn(C(C)(C)C)c2nc(C3CC3)cc(C(=O)NC(CC(C)C)C(=O)O)c12. The maximum absolute atomic E-state index is 13.1. The number of nitrogens with one attached hydrogen (secondary N) is 1. The molecule has 1 amide bonds. The van der Waals surface area contributed by atoms with Gasteiger partial charge in [0.05, 0.1) is 22.2 Å². The third-order valence-corrected chi connectivity index (χ3v) is 5.02. The van der Waals surface area contributed by atoms with E-state index in [0.717, 1.165) is 24.2 Å². The summed E-state index contributed by atoms with van der Waals surface area (Å²) in [4.78, 5) is 29.6. The molecule has 2 heterocycles. The summed E-state index contributed by atoms with van der Waals surface area (Å²) in [6, 6.07) is 0.906. The van der Waals surface area contributed by atoms with Crippen LogP contribution in [0.5, 0.6) is 0 Å². The van der Waals surface area contributed by atoms with Crippen LogP contribution in [0.1, 0.15) is 81.5 Å². The Morgan fingerprint density at radius 1 is 1.32 bits per heavy atom. The van der Waals surface area contributed by atoms with Crippen molar-refractivity contribution >= 4 is 22.9 Å². The quantitative estimate of drug-likeness (QED) is 0.790. The van der Waals surface area contributed by atoms with E-state index >= 15 is 0 Å². The number of fused-ring (bicyclic) bond motifs is 1. The first-order chi connectivity index (χ1) is 13.0. The number of aromatic nitrogens is 3. The Morgan fingerprint density at radius 2 is 1.96 bits per heavy atom. The summed E-state index contributed by atoms with van der Waals surface area (Å²) >= 11 is 0. The van der Waals surface area contributed by atoms with Gasteiger partial charge in [0.15, 0.2) is 5.65 Å². The zero-order valence-corrected chi connectivity index (χ0v) is 17.5. The van der Waals surface area contributed by atoms with E-state index < -0.39 is 12.0 Å². The monoisotopic (exact) mass is 386 g/mol. The number of amides is 1. The molecule has 1 saturated carbocycles. The molecule has 0 spiro atoms. The largest absolute Gasteiger partial charge is 0.480 e. The van der Waals surface area contributed by atoms with Crippen LogP contribution in [-0.2, 0) is 10.3 Å². The van der Waals surface area contributed by atoms with Crippen molar-refractivity contribution in [3.63, 3.8) is 0 Å². The van der Waals surface area contributed by atoms with E-state index in [1.807, 2.05) is 52.3 Å². The molecule has 1 aliphatic rings. The standard InChI is InChI=1S/C21H30N4O3/c1-11(2)9-16(20(27)28)23-19(26)14-10-15(13-7-8-13)22-18-17(14)12(3)24-25(18)21(4,5)6/h10-11,13,16H,7-9H2,1-6H3,(H,23,26)(H,27,28). The Kier molecular flexibility index (Phi) is 5.21. The number of carbonyl (C=O) groups excluding carboxylic acids is 1. The van der Waals surface area contributed by atoms with Crippen molar-refractivity contribution in [1.29, 1.82) is 0 Å². The highest BCUT2D eigenvalue weighted by Gasteiger charge is 2.31. The Bertz CT molecular complexity index is 920. The van der Waals surface area contributed by atoms with Gasteiger partial charge in [-0.15, -0.1) is 0 Å². The highest BCUT2D eigenvalue weighted by atomic mass is 16.4. The van der Waals surface area contributed by atoms with Gasteiger partial charge in [0.2, 0.25) is 0 Å². The van der Waals surface area contributed by atoms with Crippen molar-refractivity contribution in [3.05, 3.63) is 23.0 Å². The van der Waals surface area contributed by atoms with Crippen LogP contribution in [0, 0.1) is 12.8 Å². The van der Waals surface area contributed by atoms with Crippen LogP contribution >= 0.6 is 0 Å². The lowest BCUT2D eigenvalue weighted by molar-refractivity contribution is -0.139. The Hall–Kier alpha value is -2.44. The van der Waals surface area contributed by atoms with Gasteiger partial charge in [-0.05, 0) is 58.9 Å². The normalized spacial score (nSPS) is 15.8. The molecule has 1 aliphatic carbocycles. The van der Waals surface area contributed by atoms with E-state index in [0.29, 0.717) is 28.9 Å². The van der Waals surface area contributed by atoms with E-state index in [4.69, 9.17) is 4.98 Å². The van der Waals surface area contributed by atoms with Crippen LogP contribution < -0.4 is 5.32 Å². The molecule has 0 radical (unpaired) electrons. The molecule has 1 unspecified atom stereocenters. The van der Waals surface area contributed by atoms with Crippen molar-refractivity contribution < 1.29 is 14.7 Å². The molecule has 2 aromatic heterocycles. The molecule has 0 saturated heterocycles. The smallest absolute Gasteiger partial charge is 0.326 e. The van der Waals surface area contributed by atoms with Gasteiger partial charge in [-0.2, -0.15) is 5.10 Å². The summed E-state index contributed by atoms with van der Waals surface area (Å²) in [6.45, 7) is 11.9. The molecule has 1 fully saturated rings. The molecule has 152 valence electrons. The van der Waals surface area contributed by atoms with Crippen molar-refractivity contribution in [2.45, 2.75) is 78.3 Å². The summed E-state index contributed by atoms with van der Waals surface area (Å²) in [5.41, 5.74) is 2.49. The van der Waals surface area contributed by atoms with Gasteiger partial charge >= 0.3 is 5.97 Å². The van der Waals surface area contributed by atoms with E-state index in [1.165, 1.54) is 0 Å². The maximum Gasteiger partial charge on any atom is 0.326 e. The first-order valence-corrected chi connectivity index (χ1v) is 9.93. The summed E-state index contributed by atoms with van der Waals surface area (Å²) in [5.74, 6) is -0.868. The average Bonchev–Trinajstić information content (AvgIpc) is 3.36. The number of aliphatic carboxylic acids is 1. The van der Waals surface area contributed by atoms with Crippen molar-refractivity contribution in [3.8, 4) is 0 Å². The number of carboxylic acid groups (broad SMARTS) is 1. The van der Waals surface area contributed by atoms with Crippen LogP contribution in [0.3, 0.4) is 0 Å². The highest BCUT2D eigenvalue weighted by Crippen LogP contribution is 2.41. The lowest BCUT2D eigenvalue weighted by atomic mass is 10.0. The predicted molar refractivity (Wildman–Crippen MR) is 108 cm³/mol. The first-order valence-electron chi connectivity index (χ1n) is 9.93. The molecular formula is C21H30N4O3. The summed E-state index contributed by atoms with van der Waals surface area (Å²) < 4.78 is 1.86. The van der Waals surface area contributed by atoms with Crippen molar-refractivity contribution in [2.75, 3.05) is 0 Å². The lowest BCUT2D eigenvalue weighted by Crippen LogP contribution is -2.41. The number of pyridine rings is 1. The van der Waals surface area contributed by atoms with E-state index in [9.17, 15) is 14.7 Å². The molecule has 0 aromatic carbocycles. The zero-order valence-electron chi connectivity index (χ0n) is 17.5. The second kappa shape index (κ2) is 7.18. The van der Waals surface area contributed by atoms with Crippen LogP contribution in [0.25, 0.3) is 11.0 Å².